The number of amides is 1. The molecular weight excluding hydrogens is 381 g/mol. The van der Waals surface area contributed by atoms with Crippen molar-refractivity contribution in [1.82, 2.24) is 5.32 Å². The van der Waals surface area contributed by atoms with Gasteiger partial charge in [-0.25, -0.2) is 21.6 Å². The van der Waals surface area contributed by atoms with Crippen molar-refractivity contribution in [3.63, 3.8) is 0 Å². The summed E-state index contributed by atoms with van der Waals surface area (Å²) in [6, 6.07) is 6.12. The van der Waals surface area contributed by atoms with Crippen molar-refractivity contribution in [2.45, 2.75) is 23.8 Å². The molecule has 0 aliphatic rings. The third-order valence-electron chi connectivity index (χ3n) is 3.92. The lowest BCUT2D eigenvalue weighted by molar-refractivity contribution is 0.0952. The molecule has 0 spiro atoms. The second-order valence-electron chi connectivity index (χ2n) is 6.16. The third-order valence-corrected chi connectivity index (χ3v) is 5.05. The summed E-state index contributed by atoms with van der Waals surface area (Å²) < 4.78 is 62.5. The van der Waals surface area contributed by atoms with Crippen LogP contribution in [0, 0.1) is 17.5 Å². The van der Waals surface area contributed by atoms with Crippen molar-refractivity contribution >= 4 is 15.7 Å². The summed E-state index contributed by atoms with van der Waals surface area (Å²) >= 11 is 0. The molecule has 0 bridgehead atoms. The molecular formula is C18H19F3N2O3S. The maximum Gasteiger partial charge on any atom is 0.251 e. The van der Waals surface area contributed by atoms with Gasteiger partial charge in [-0.05, 0) is 48.7 Å². The summed E-state index contributed by atoms with van der Waals surface area (Å²) in [6.45, 7) is 0.180. The maximum absolute atomic E-state index is 13.6. The number of sulfone groups is 1. The first-order valence-electron chi connectivity index (χ1n) is 8.05. The van der Waals surface area contributed by atoms with Crippen molar-refractivity contribution in [3.05, 3.63) is 65.0 Å². The van der Waals surface area contributed by atoms with Gasteiger partial charge in [0, 0.05) is 30.5 Å². The minimum Gasteiger partial charge on any atom is -0.352 e. The molecule has 2 rings (SSSR count). The number of nitrogens with two attached hydrogens (primary N) is 1. The van der Waals surface area contributed by atoms with E-state index in [1.165, 1.54) is 24.3 Å². The van der Waals surface area contributed by atoms with Gasteiger partial charge >= 0.3 is 0 Å². The molecule has 0 unspecified atom stereocenters. The van der Waals surface area contributed by atoms with Gasteiger partial charge in [-0.15, -0.1) is 0 Å². The van der Waals surface area contributed by atoms with Crippen molar-refractivity contribution in [2.75, 3.05) is 12.8 Å². The number of carbonyl (C=O) groups is 1. The monoisotopic (exact) mass is 400 g/mol. The van der Waals surface area contributed by atoms with Crippen LogP contribution in [-0.2, 0) is 16.3 Å². The zero-order valence-corrected chi connectivity index (χ0v) is 15.3. The minimum atomic E-state index is -3.34. The molecule has 0 saturated carbocycles. The van der Waals surface area contributed by atoms with E-state index in [9.17, 15) is 26.4 Å². The summed E-state index contributed by atoms with van der Waals surface area (Å²) in [5.41, 5.74) is 6.10. The number of hydrogen-bond donors (Lipinski definition) is 2. The van der Waals surface area contributed by atoms with Crippen LogP contribution >= 0.6 is 0 Å². The van der Waals surface area contributed by atoms with Crippen molar-refractivity contribution < 1.29 is 26.4 Å². The Morgan fingerprint density at radius 2 is 1.67 bits per heavy atom. The quantitative estimate of drug-likeness (QED) is 0.698. The fourth-order valence-electron chi connectivity index (χ4n) is 2.43. The molecule has 0 heterocycles. The molecule has 27 heavy (non-hydrogen) atoms. The average Bonchev–Trinajstić information content (AvgIpc) is 2.59. The van der Waals surface area contributed by atoms with Crippen LogP contribution in [0.25, 0.3) is 0 Å². The number of rotatable bonds is 7. The first-order chi connectivity index (χ1) is 12.6. The average molecular weight is 400 g/mol. The highest BCUT2D eigenvalue weighted by molar-refractivity contribution is 7.90. The predicted molar refractivity (Wildman–Crippen MR) is 94.5 cm³/mol. The Morgan fingerprint density at radius 1 is 1.07 bits per heavy atom. The summed E-state index contributed by atoms with van der Waals surface area (Å²) in [6.07, 6.45) is 1.34. The molecule has 146 valence electrons. The van der Waals surface area contributed by atoms with E-state index in [0.717, 1.165) is 12.3 Å². The molecule has 0 aliphatic heterocycles. The Bertz CT molecular complexity index is 932. The third kappa shape index (κ3) is 5.80. The highest BCUT2D eigenvalue weighted by atomic mass is 32.2. The highest BCUT2D eigenvalue weighted by Gasteiger charge is 2.14. The van der Waals surface area contributed by atoms with E-state index < -0.39 is 39.2 Å². The molecule has 5 nitrogen and oxygen atoms in total. The van der Waals surface area contributed by atoms with Gasteiger partial charge in [-0.3, -0.25) is 4.79 Å². The van der Waals surface area contributed by atoms with Gasteiger partial charge in [0.15, 0.2) is 21.5 Å². The van der Waals surface area contributed by atoms with Crippen LogP contribution in [0.2, 0.25) is 0 Å². The van der Waals surface area contributed by atoms with Crippen LogP contribution in [0.5, 0.6) is 0 Å². The van der Waals surface area contributed by atoms with Gasteiger partial charge in [0.05, 0.1) is 4.90 Å². The molecule has 0 saturated heterocycles. The molecule has 0 aliphatic carbocycles. The Morgan fingerprint density at radius 3 is 2.26 bits per heavy atom. The van der Waals surface area contributed by atoms with E-state index in [4.69, 9.17) is 5.73 Å². The SMILES string of the molecule is CS(=O)(=O)c1ccc(C(=O)NCC[C@H](N)Cc2cc(F)c(F)cc2F)cc1. The molecule has 2 aromatic carbocycles. The molecule has 0 fully saturated rings. The molecule has 3 N–H and O–H groups in total. The van der Waals surface area contributed by atoms with Gasteiger partial charge in [0.1, 0.15) is 5.82 Å². The second kappa shape index (κ2) is 8.53. The van der Waals surface area contributed by atoms with Gasteiger partial charge in [-0.2, -0.15) is 0 Å². The fraction of sp³-hybridized carbons (Fsp3) is 0.278. The predicted octanol–water partition coefficient (Wildman–Crippen LogP) is 2.20. The summed E-state index contributed by atoms with van der Waals surface area (Å²) in [5.74, 6) is -3.70. The second-order valence-corrected chi connectivity index (χ2v) is 8.18. The molecule has 1 amide bonds. The number of benzene rings is 2. The molecule has 9 heteroatoms. The van der Waals surface area contributed by atoms with E-state index in [0.29, 0.717) is 6.07 Å². The number of carbonyl (C=O) groups excluding carboxylic acids is 1. The Labute approximate surface area is 155 Å². The molecule has 0 aromatic heterocycles. The van der Waals surface area contributed by atoms with Gasteiger partial charge in [-0.1, -0.05) is 0 Å². The van der Waals surface area contributed by atoms with Crippen LogP contribution in [-0.4, -0.2) is 33.2 Å². The van der Waals surface area contributed by atoms with Crippen LogP contribution in [0.3, 0.4) is 0 Å². The Hall–Kier alpha value is -2.39. The standard InChI is InChI=1S/C18H19F3N2O3S/c1-27(25,26)14-4-2-11(3-5-14)18(24)23-7-6-13(22)8-12-9-16(20)17(21)10-15(12)19/h2-5,9-10,13H,6-8,22H2,1H3,(H,23,24)/t13-/m0/s1. The number of hydrogen-bond acceptors (Lipinski definition) is 4. The first-order valence-corrected chi connectivity index (χ1v) is 9.94. The lowest BCUT2D eigenvalue weighted by Gasteiger charge is -2.13. The molecule has 2 aromatic rings. The fourth-order valence-corrected chi connectivity index (χ4v) is 3.06. The van der Waals surface area contributed by atoms with Crippen LogP contribution in [0.15, 0.2) is 41.3 Å². The van der Waals surface area contributed by atoms with E-state index in [-0.39, 0.29) is 35.4 Å². The lowest BCUT2D eigenvalue weighted by Crippen LogP contribution is -2.31. The first kappa shape index (κ1) is 20.9. The van der Waals surface area contributed by atoms with Crippen molar-refractivity contribution in [1.29, 1.82) is 0 Å². The van der Waals surface area contributed by atoms with E-state index in [1.807, 2.05) is 0 Å². The number of nitrogens with one attached hydrogen (secondary N) is 1. The van der Waals surface area contributed by atoms with Crippen molar-refractivity contribution in [2.24, 2.45) is 5.73 Å². The molecule has 1 atom stereocenters. The normalized spacial score (nSPS) is 12.6. The summed E-state index contributed by atoms with van der Waals surface area (Å²) in [5, 5.41) is 2.61. The van der Waals surface area contributed by atoms with E-state index in [2.05, 4.69) is 5.32 Å². The van der Waals surface area contributed by atoms with E-state index >= 15 is 0 Å². The zero-order chi connectivity index (χ0) is 20.2. The van der Waals surface area contributed by atoms with E-state index in [1.54, 1.807) is 0 Å². The Kier molecular flexibility index (Phi) is 6.61. The van der Waals surface area contributed by atoms with Crippen LogP contribution < -0.4 is 11.1 Å². The summed E-state index contributed by atoms with van der Waals surface area (Å²) in [7, 11) is -3.34. The number of halogens is 3. The summed E-state index contributed by atoms with van der Waals surface area (Å²) in [4.78, 5) is 12.1. The zero-order valence-electron chi connectivity index (χ0n) is 14.5. The maximum atomic E-state index is 13.6. The highest BCUT2D eigenvalue weighted by Crippen LogP contribution is 2.15. The van der Waals surface area contributed by atoms with Crippen molar-refractivity contribution in [3.8, 4) is 0 Å². The smallest absolute Gasteiger partial charge is 0.251 e. The van der Waals surface area contributed by atoms with Gasteiger partial charge in [0.25, 0.3) is 5.91 Å². The molecule has 0 radical (unpaired) electrons. The van der Waals surface area contributed by atoms with Crippen LogP contribution in [0.1, 0.15) is 22.3 Å². The largest absolute Gasteiger partial charge is 0.352 e. The van der Waals surface area contributed by atoms with Gasteiger partial charge < -0.3 is 11.1 Å². The lowest BCUT2D eigenvalue weighted by atomic mass is 10.0. The Balaban J connectivity index is 1.86. The van der Waals surface area contributed by atoms with Crippen LogP contribution in [0.4, 0.5) is 13.2 Å². The minimum absolute atomic E-state index is 0.0119. The van der Waals surface area contributed by atoms with Gasteiger partial charge in [0.2, 0.25) is 0 Å². The topological polar surface area (TPSA) is 89.3 Å².